The maximum atomic E-state index is 6.80. The minimum absolute atomic E-state index is 0.0709. The first-order chi connectivity index (χ1) is 31.0. The van der Waals surface area contributed by atoms with E-state index >= 15 is 0 Å². The summed E-state index contributed by atoms with van der Waals surface area (Å²) >= 11 is 6.80. The highest BCUT2D eigenvalue weighted by Crippen LogP contribution is 2.39. The van der Waals surface area contributed by atoms with Gasteiger partial charge in [0.25, 0.3) is 0 Å². The first-order valence-corrected chi connectivity index (χ1v) is 28.9. The Morgan fingerprint density at radius 3 is 0.877 bits per heavy atom. The maximum Gasteiger partial charge on any atom is 0.229 e. The third kappa shape index (κ3) is 27.0. The molecule has 1 aromatic rings. The molecule has 3 heterocycles. The number of hydrogen-bond acceptors (Lipinski definition) is 7. The van der Waals surface area contributed by atoms with Gasteiger partial charge in [-0.2, -0.15) is 15.0 Å². The fourth-order valence-electron chi connectivity index (χ4n) is 12.5. The fourth-order valence-corrected chi connectivity index (χ4v) is 12.7. The molecule has 0 saturated carbocycles. The molecule has 0 aromatic carbocycles. The lowest BCUT2D eigenvalue weighted by Crippen LogP contribution is -2.60. The van der Waals surface area contributed by atoms with Crippen LogP contribution >= 0.6 is 11.6 Å². The molecule has 0 spiro atoms. The van der Waals surface area contributed by atoms with Gasteiger partial charge in [-0.15, -0.1) is 0 Å². The zero-order valence-corrected chi connectivity index (χ0v) is 45.7. The number of nitrogens with zero attached hydrogens (tertiary/aromatic N) is 3. The van der Waals surface area contributed by atoms with Crippen molar-refractivity contribution in [1.82, 2.24) is 25.6 Å². The van der Waals surface area contributed by atoms with Crippen LogP contribution in [-0.2, 0) is 0 Å². The van der Waals surface area contributed by atoms with E-state index in [-0.39, 0.29) is 39.5 Å². The minimum Gasteiger partial charge on any atom is -0.351 e. The van der Waals surface area contributed by atoms with E-state index in [9.17, 15) is 0 Å². The van der Waals surface area contributed by atoms with Gasteiger partial charge in [0.15, 0.2) is 0 Å². The number of halogens is 1. The van der Waals surface area contributed by atoms with Gasteiger partial charge in [0.2, 0.25) is 17.2 Å². The third-order valence-electron chi connectivity index (χ3n) is 15.1. The monoisotopic (exact) mass is 928 g/mol. The Kier molecular flexibility index (Phi) is 28.5. The molecule has 0 radical (unpaired) electrons. The summed E-state index contributed by atoms with van der Waals surface area (Å²) in [5.41, 5.74) is 0.283. The summed E-state index contributed by atoms with van der Waals surface area (Å²) in [5.74, 6) is 2.28. The zero-order chi connectivity index (χ0) is 47.4. The van der Waals surface area contributed by atoms with Crippen molar-refractivity contribution in [2.45, 2.75) is 335 Å². The van der Waals surface area contributed by atoms with Crippen LogP contribution in [0, 0.1) is 11.8 Å². The molecule has 3 rings (SSSR count). The predicted molar refractivity (Wildman–Crippen MR) is 287 cm³/mol. The van der Waals surface area contributed by atoms with Crippen molar-refractivity contribution in [3.63, 3.8) is 0 Å². The summed E-state index contributed by atoms with van der Waals surface area (Å²) in [6.45, 7) is 23.6. The maximum absolute atomic E-state index is 6.80. The van der Waals surface area contributed by atoms with Gasteiger partial charge < -0.3 is 21.3 Å². The Hall–Kier alpha value is -1.18. The normalized spacial score (nSPS) is 19.3. The third-order valence-corrected chi connectivity index (χ3v) is 15.2. The predicted octanol–water partition coefficient (Wildman–Crippen LogP) is 17.7. The summed E-state index contributed by atoms with van der Waals surface area (Å²) in [6, 6.07) is 0.567. The molecule has 2 saturated heterocycles. The minimum atomic E-state index is 0.0709. The lowest BCUT2D eigenvalue weighted by molar-refractivity contribution is 0.114. The highest BCUT2D eigenvalue weighted by atomic mass is 35.5. The molecule has 2 unspecified atom stereocenters. The van der Waals surface area contributed by atoms with E-state index in [4.69, 9.17) is 26.6 Å². The smallest absolute Gasteiger partial charge is 0.229 e. The van der Waals surface area contributed by atoms with Crippen molar-refractivity contribution in [2.75, 3.05) is 10.6 Å². The van der Waals surface area contributed by atoms with Gasteiger partial charge in [-0.05, 0) is 117 Å². The van der Waals surface area contributed by atoms with Crippen molar-refractivity contribution >= 4 is 23.5 Å². The molecule has 1 aromatic heterocycles. The average molecular weight is 929 g/mol. The van der Waals surface area contributed by atoms with Crippen LogP contribution < -0.4 is 21.3 Å². The number of aromatic nitrogens is 3. The molecule has 0 aliphatic carbocycles. The summed E-state index contributed by atoms with van der Waals surface area (Å²) < 4.78 is 0. The first kappa shape index (κ1) is 58.1. The van der Waals surface area contributed by atoms with Crippen LogP contribution in [0.25, 0.3) is 0 Å². The van der Waals surface area contributed by atoms with E-state index in [2.05, 4.69) is 90.5 Å². The molecule has 8 heteroatoms. The van der Waals surface area contributed by atoms with Crippen LogP contribution in [0.5, 0.6) is 0 Å². The van der Waals surface area contributed by atoms with Crippen LogP contribution in [0.1, 0.15) is 300 Å². The summed E-state index contributed by atoms with van der Waals surface area (Å²) in [5, 5.41) is 16.0. The Balaban J connectivity index is 1.56. The topological polar surface area (TPSA) is 86.8 Å². The second-order valence-electron chi connectivity index (χ2n) is 24.4. The largest absolute Gasteiger partial charge is 0.351 e. The number of nitrogens with one attached hydrogen (secondary N) is 4. The van der Waals surface area contributed by atoms with E-state index < -0.39 is 0 Å². The number of piperidine rings is 2. The Morgan fingerprint density at radius 2 is 0.631 bits per heavy atom. The van der Waals surface area contributed by atoms with Gasteiger partial charge in [-0.3, -0.25) is 0 Å². The molecule has 0 amide bonds. The Morgan fingerprint density at radius 1 is 0.400 bits per heavy atom. The number of hydrogen-bond donors (Lipinski definition) is 4. The zero-order valence-electron chi connectivity index (χ0n) is 45.0. The molecule has 2 atom stereocenters. The quantitative estimate of drug-likeness (QED) is 0.0492. The van der Waals surface area contributed by atoms with Crippen LogP contribution in [0.3, 0.4) is 0 Å². The molecule has 2 fully saturated rings. The van der Waals surface area contributed by atoms with Crippen molar-refractivity contribution in [3.05, 3.63) is 5.28 Å². The molecular formula is C57H110ClN7. The van der Waals surface area contributed by atoms with E-state index in [1.54, 1.807) is 0 Å². The molecule has 4 N–H and O–H groups in total. The van der Waals surface area contributed by atoms with Gasteiger partial charge >= 0.3 is 0 Å². The van der Waals surface area contributed by atoms with Crippen molar-refractivity contribution in [2.24, 2.45) is 11.8 Å². The van der Waals surface area contributed by atoms with Gasteiger partial charge in [0.1, 0.15) is 0 Å². The van der Waals surface area contributed by atoms with Crippen molar-refractivity contribution in [3.8, 4) is 0 Å². The number of rotatable bonds is 38. The molecule has 7 nitrogen and oxygen atoms in total. The second kappa shape index (κ2) is 31.9. The van der Waals surface area contributed by atoms with Crippen LogP contribution in [0.15, 0.2) is 0 Å². The van der Waals surface area contributed by atoms with E-state index in [0.29, 0.717) is 23.7 Å². The van der Waals surface area contributed by atoms with Gasteiger partial charge in [0, 0.05) is 34.2 Å². The highest BCUT2D eigenvalue weighted by molar-refractivity contribution is 6.28. The molecule has 0 bridgehead atoms. The van der Waals surface area contributed by atoms with Crippen molar-refractivity contribution in [1.29, 1.82) is 0 Å². The van der Waals surface area contributed by atoms with Gasteiger partial charge in [-0.1, -0.05) is 206 Å². The van der Waals surface area contributed by atoms with E-state index in [1.165, 1.54) is 193 Å². The van der Waals surface area contributed by atoms with Crippen LogP contribution in [0.4, 0.5) is 11.9 Å². The van der Waals surface area contributed by atoms with E-state index in [0.717, 1.165) is 38.5 Å². The highest BCUT2D eigenvalue weighted by Gasteiger charge is 2.42. The lowest BCUT2D eigenvalue weighted by atomic mass is 9.72. The van der Waals surface area contributed by atoms with Crippen LogP contribution in [0.2, 0.25) is 5.28 Å². The molecule has 65 heavy (non-hydrogen) atoms. The molecule has 380 valence electrons. The lowest BCUT2D eigenvalue weighted by Gasteiger charge is -2.49. The number of anilines is 2. The first-order valence-electron chi connectivity index (χ1n) is 28.6. The molecule has 2 aliphatic heterocycles. The summed E-state index contributed by atoms with van der Waals surface area (Å²) in [7, 11) is 0. The second-order valence-corrected chi connectivity index (χ2v) is 24.7. The van der Waals surface area contributed by atoms with Crippen molar-refractivity contribution < 1.29 is 0 Å². The van der Waals surface area contributed by atoms with Crippen LogP contribution in [-0.4, -0.2) is 49.2 Å². The average Bonchev–Trinajstić information content (AvgIpc) is 3.20. The summed E-state index contributed by atoms with van der Waals surface area (Å²) in [6.07, 6.45) is 48.4. The van der Waals surface area contributed by atoms with Gasteiger partial charge in [0.05, 0.1) is 0 Å². The summed E-state index contributed by atoms with van der Waals surface area (Å²) in [4.78, 5) is 14.6. The SMILES string of the molecule is CCCCCCCCCCCCCCCCCC(Nc1nc(Cl)nc(NC(CCCCCCCCCCCCCCCCC)C2CC(C)(C)NC(C)(C)C2)n1)C1CC(C)(C)NC(C)(C)C1. The Bertz CT molecular complexity index is 1220. The van der Waals surface area contributed by atoms with E-state index in [1.807, 2.05) is 0 Å². The number of unbranched alkanes of at least 4 members (excludes halogenated alkanes) is 28. The molecular weight excluding hydrogens is 818 g/mol. The van der Waals surface area contributed by atoms with Gasteiger partial charge in [-0.25, -0.2) is 0 Å². The fraction of sp³-hybridized carbons (Fsp3) is 0.947. The molecule has 2 aliphatic rings. The standard InChI is InChI=1S/C57H110ClN7/c1-11-13-15-17-19-21-23-25-27-29-31-33-35-37-39-41-49(47-43-54(3,4)64-55(5,6)44-47)59-52-61-51(58)62-53(63-52)60-50(48-45-56(7,8)65-57(9,10)46-48)42-40-38-36-34-32-30-28-26-24-22-20-18-16-14-12-2/h47-50,64-65H,11-46H2,1-10H3,(H2,59,60,61,62,63). The Labute approximate surface area is 409 Å².